The molecule has 1 rings (SSSR count). The Bertz CT molecular complexity index is 325. The Morgan fingerprint density at radius 1 is 1.31 bits per heavy atom. The number of nitrogens with two attached hydrogens (primary N) is 1. The van der Waals surface area contributed by atoms with E-state index in [1.54, 1.807) is 0 Å². The first-order chi connectivity index (χ1) is 7.50. The predicted octanol–water partition coefficient (Wildman–Crippen LogP) is 3.40. The van der Waals surface area contributed by atoms with Gasteiger partial charge in [0, 0.05) is 17.7 Å². The lowest BCUT2D eigenvalue weighted by Crippen LogP contribution is -2.28. The molecule has 0 aliphatic rings. The van der Waals surface area contributed by atoms with Crippen LogP contribution < -0.4 is 5.73 Å². The summed E-state index contributed by atoms with van der Waals surface area (Å²) in [7, 11) is 0. The molecule has 2 N–H and O–H groups in total. The molecule has 0 aliphatic carbocycles. The number of benzene rings is 1. The highest BCUT2D eigenvalue weighted by Gasteiger charge is 2.17. The van der Waals surface area contributed by atoms with Gasteiger partial charge < -0.3 is 10.5 Å². The Morgan fingerprint density at radius 3 is 2.50 bits per heavy atom. The van der Waals surface area contributed by atoms with Crippen LogP contribution in [0.3, 0.4) is 0 Å². The molecule has 1 aromatic carbocycles. The van der Waals surface area contributed by atoms with Gasteiger partial charge in [-0.2, -0.15) is 0 Å². The Balaban J connectivity index is 2.77. The van der Waals surface area contributed by atoms with E-state index in [0.29, 0.717) is 12.5 Å². The topological polar surface area (TPSA) is 35.2 Å². The first-order valence-electron chi connectivity index (χ1n) is 5.63. The monoisotopic (exact) mass is 241 g/mol. The van der Waals surface area contributed by atoms with Crippen LogP contribution in [0.15, 0.2) is 24.3 Å². The van der Waals surface area contributed by atoms with Crippen molar-refractivity contribution in [3.8, 4) is 0 Å². The summed E-state index contributed by atoms with van der Waals surface area (Å²) in [6, 6.07) is 7.64. The molecule has 3 heteroatoms. The third kappa shape index (κ3) is 4.12. The molecule has 0 radical (unpaired) electrons. The average Bonchev–Trinajstić information content (AvgIpc) is 2.17. The summed E-state index contributed by atoms with van der Waals surface area (Å²) >= 11 is 5.96. The number of halogens is 1. The maximum atomic E-state index is 5.96. The largest absolute Gasteiger partial charge is 0.372 e. The van der Waals surface area contributed by atoms with Crippen LogP contribution in [0.5, 0.6) is 0 Å². The van der Waals surface area contributed by atoms with E-state index in [9.17, 15) is 0 Å². The van der Waals surface area contributed by atoms with Crippen molar-refractivity contribution in [1.29, 1.82) is 0 Å². The summed E-state index contributed by atoms with van der Waals surface area (Å²) in [5.74, 6) is 0.500. The smallest absolute Gasteiger partial charge is 0.0973 e. The Kier molecular flexibility index (Phi) is 5.26. The van der Waals surface area contributed by atoms with Crippen LogP contribution in [-0.2, 0) is 4.74 Å². The lowest BCUT2D eigenvalue weighted by Gasteiger charge is -2.23. The van der Waals surface area contributed by atoms with E-state index >= 15 is 0 Å². The van der Waals surface area contributed by atoms with Gasteiger partial charge in [-0.25, -0.2) is 0 Å². The molecule has 0 spiro atoms. The van der Waals surface area contributed by atoms with Crippen molar-refractivity contribution in [1.82, 2.24) is 0 Å². The second-order valence-electron chi connectivity index (χ2n) is 4.56. The van der Waals surface area contributed by atoms with Crippen molar-refractivity contribution >= 4 is 11.6 Å². The van der Waals surface area contributed by atoms with E-state index in [-0.39, 0.29) is 12.1 Å². The number of ether oxygens (including phenoxy) is 1. The minimum Gasteiger partial charge on any atom is -0.372 e. The van der Waals surface area contributed by atoms with E-state index in [4.69, 9.17) is 22.1 Å². The fourth-order valence-electron chi connectivity index (χ4n) is 1.53. The second-order valence-corrected chi connectivity index (χ2v) is 5.00. The zero-order valence-electron chi connectivity index (χ0n) is 10.1. The molecular weight excluding hydrogens is 222 g/mol. The van der Waals surface area contributed by atoms with Crippen molar-refractivity contribution in [2.45, 2.75) is 32.9 Å². The molecule has 0 saturated carbocycles. The quantitative estimate of drug-likeness (QED) is 0.858. The van der Waals surface area contributed by atoms with Gasteiger partial charge in [0.25, 0.3) is 0 Å². The van der Waals surface area contributed by atoms with Gasteiger partial charge in [-0.05, 0) is 30.5 Å². The molecule has 0 fully saturated rings. The van der Waals surface area contributed by atoms with Crippen LogP contribution in [0.4, 0.5) is 0 Å². The molecule has 0 saturated heterocycles. The zero-order chi connectivity index (χ0) is 12.1. The maximum absolute atomic E-state index is 5.96. The molecule has 0 bridgehead atoms. The van der Waals surface area contributed by atoms with Crippen LogP contribution in [0.25, 0.3) is 0 Å². The van der Waals surface area contributed by atoms with Gasteiger partial charge >= 0.3 is 0 Å². The fourth-order valence-corrected chi connectivity index (χ4v) is 1.73. The summed E-state index contributed by atoms with van der Waals surface area (Å²) in [6.45, 7) is 6.90. The molecule has 2 atom stereocenters. The van der Waals surface area contributed by atoms with Crippen molar-refractivity contribution in [3.05, 3.63) is 34.9 Å². The van der Waals surface area contributed by atoms with E-state index < -0.39 is 0 Å². The predicted molar refractivity (Wildman–Crippen MR) is 68.6 cm³/mol. The van der Waals surface area contributed by atoms with E-state index in [1.807, 2.05) is 31.2 Å². The first-order valence-corrected chi connectivity index (χ1v) is 6.01. The fraction of sp³-hybridized carbons (Fsp3) is 0.538. The molecule has 2 unspecified atom stereocenters. The zero-order valence-corrected chi connectivity index (χ0v) is 10.9. The Morgan fingerprint density at radius 2 is 2.00 bits per heavy atom. The number of hydrogen-bond acceptors (Lipinski definition) is 2. The highest BCUT2D eigenvalue weighted by atomic mass is 35.5. The third-order valence-corrected chi connectivity index (χ3v) is 2.50. The van der Waals surface area contributed by atoms with E-state index in [2.05, 4.69) is 13.8 Å². The molecule has 0 heterocycles. The molecule has 2 nitrogen and oxygen atoms in total. The van der Waals surface area contributed by atoms with Gasteiger partial charge in [-0.3, -0.25) is 0 Å². The van der Waals surface area contributed by atoms with Gasteiger partial charge in [0.15, 0.2) is 0 Å². The molecular formula is C13H20ClNO. The molecule has 0 aliphatic heterocycles. The van der Waals surface area contributed by atoms with Gasteiger partial charge in [-0.1, -0.05) is 37.6 Å². The molecule has 1 aromatic rings. The van der Waals surface area contributed by atoms with Crippen LogP contribution in [0.2, 0.25) is 5.02 Å². The Labute approximate surface area is 103 Å². The lowest BCUT2D eigenvalue weighted by molar-refractivity contribution is 0.0221. The van der Waals surface area contributed by atoms with Crippen molar-refractivity contribution in [3.63, 3.8) is 0 Å². The van der Waals surface area contributed by atoms with Gasteiger partial charge in [-0.15, -0.1) is 0 Å². The van der Waals surface area contributed by atoms with Gasteiger partial charge in [0.2, 0.25) is 0 Å². The van der Waals surface area contributed by atoms with Crippen LogP contribution >= 0.6 is 11.6 Å². The lowest BCUT2D eigenvalue weighted by atomic mass is 10.0. The summed E-state index contributed by atoms with van der Waals surface area (Å²) in [5, 5.41) is 0.719. The van der Waals surface area contributed by atoms with Gasteiger partial charge in [0.05, 0.1) is 6.10 Å². The SMILES string of the molecule is CC(C)COC(c1cccc(Cl)c1)C(C)N. The normalized spacial score (nSPS) is 15.1. The minimum atomic E-state index is -0.0823. The Hall–Kier alpha value is -0.570. The average molecular weight is 242 g/mol. The van der Waals surface area contributed by atoms with Crippen molar-refractivity contribution in [2.24, 2.45) is 11.7 Å². The van der Waals surface area contributed by atoms with E-state index in [1.165, 1.54) is 0 Å². The summed E-state index contributed by atoms with van der Waals surface area (Å²) in [5.41, 5.74) is 6.98. The summed E-state index contributed by atoms with van der Waals surface area (Å²) < 4.78 is 5.82. The minimum absolute atomic E-state index is 0.0442. The van der Waals surface area contributed by atoms with E-state index in [0.717, 1.165) is 10.6 Å². The van der Waals surface area contributed by atoms with Gasteiger partial charge in [0.1, 0.15) is 0 Å². The molecule has 0 aromatic heterocycles. The summed E-state index contributed by atoms with van der Waals surface area (Å²) in [4.78, 5) is 0. The van der Waals surface area contributed by atoms with Crippen molar-refractivity contribution in [2.75, 3.05) is 6.61 Å². The third-order valence-electron chi connectivity index (χ3n) is 2.26. The first kappa shape index (κ1) is 13.5. The number of rotatable bonds is 5. The molecule has 0 amide bonds. The second kappa shape index (κ2) is 6.24. The highest BCUT2D eigenvalue weighted by Crippen LogP contribution is 2.23. The van der Waals surface area contributed by atoms with Crippen LogP contribution in [0, 0.1) is 5.92 Å². The molecule has 90 valence electrons. The summed E-state index contributed by atoms with van der Waals surface area (Å²) in [6.07, 6.45) is -0.0823. The van der Waals surface area contributed by atoms with Crippen LogP contribution in [0.1, 0.15) is 32.4 Å². The standard InChI is InChI=1S/C13H20ClNO/c1-9(2)8-16-13(10(3)15)11-5-4-6-12(14)7-11/h4-7,9-10,13H,8,15H2,1-3H3. The maximum Gasteiger partial charge on any atom is 0.0973 e. The van der Waals surface area contributed by atoms with Crippen molar-refractivity contribution < 1.29 is 4.74 Å². The highest BCUT2D eigenvalue weighted by molar-refractivity contribution is 6.30. The molecule has 16 heavy (non-hydrogen) atoms. The van der Waals surface area contributed by atoms with Crippen LogP contribution in [-0.4, -0.2) is 12.6 Å². The number of hydrogen-bond donors (Lipinski definition) is 1.